The predicted molar refractivity (Wildman–Crippen MR) is 76.2 cm³/mol. The molecule has 2 aromatic rings. The summed E-state index contributed by atoms with van der Waals surface area (Å²) in [5.74, 6) is -0.0495. The molecule has 1 amide bonds. The largest absolute Gasteiger partial charge is 0.397 e. The van der Waals surface area contributed by atoms with Crippen molar-refractivity contribution in [1.29, 1.82) is 0 Å². The molecular weight excluding hydrogens is 264 g/mol. The molecular formula is C13H14N2OS2. The molecule has 0 saturated heterocycles. The van der Waals surface area contributed by atoms with Crippen LogP contribution in [0.3, 0.4) is 0 Å². The SMILES string of the molecule is Nc1ccsc1C(=O)NC1CCCc2sccc21. The maximum absolute atomic E-state index is 12.1. The first-order valence-electron chi connectivity index (χ1n) is 5.96. The van der Waals surface area contributed by atoms with E-state index in [0.717, 1.165) is 19.3 Å². The lowest BCUT2D eigenvalue weighted by Crippen LogP contribution is -2.30. The topological polar surface area (TPSA) is 55.1 Å². The fourth-order valence-electron chi connectivity index (χ4n) is 2.36. The quantitative estimate of drug-likeness (QED) is 0.886. The van der Waals surface area contributed by atoms with Gasteiger partial charge in [0.1, 0.15) is 4.88 Å². The Morgan fingerprint density at radius 2 is 2.17 bits per heavy atom. The molecule has 94 valence electrons. The smallest absolute Gasteiger partial charge is 0.263 e. The van der Waals surface area contributed by atoms with E-state index < -0.39 is 0 Å². The minimum atomic E-state index is -0.0495. The van der Waals surface area contributed by atoms with E-state index in [2.05, 4.69) is 16.8 Å². The van der Waals surface area contributed by atoms with Gasteiger partial charge in [-0.25, -0.2) is 0 Å². The maximum Gasteiger partial charge on any atom is 0.263 e. The molecule has 0 spiro atoms. The van der Waals surface area contributed by atoms with E-state index in [-0.39, 0.29) is 11.9 Å². The van der Waals surface area contributed by atoms with Gasteiger partial charge < -0.3 is 11.1 Å². The van der Waals surface area contributed by atoms with E-state index in [0.29, 0.717) is 10.6 Å². The zero-order chi connectivity index (χ0) is 12.5. The highest BCUT2D eigenvalue weighted by Gasteiger charge is 2.24. The Kier molecular flexibility index (Phi) is 3.09. The zero-order valence-corrected chi connectivity index (χ0v) is 11.4. The van der Waals surface area contributed by atoms with Gasteiger partial charge in [0.2, 0.25) is 0 Å². The van der Waals surface area contributed by atoms with Crippen molar-refractivity contribution < 1.29 is 4.79 Å². The zero-order valence-electron chi connectivity index (χ0n) is 9.81. The molecule has 3 rings (SSSR count). The van der Waals surface area contributed by atoms with Crippen LogP contribution in [0, 0.1) is 0 Å². The molecule has 3 N–H and O–H groups in total. The lowest BCUT2D eigenvalue weighted by molar-refractivity contribution is 0.0938. The monoisotopic (exact) mass is 278 g/mol. The Labute approximate surface area is 114 Å². The second kappa shape index (κ2) is 4.74. The molecule has 2 heterocycles. The predicted octanol–water partition coefficient (Wildman–Crippen LogP) is 3.20. The minimum Gasteiger partial charge on any atom is -0.397 e. The van der Waals surface area contributed by atoms with Gasteiger partial charge in [-0.1, -0.05) is 0 Å². The summed E-state index contributed by atoms with van der Waals surface area (Å²) in [7, 11) is 0. The molecule has 0 fully saturated rings. The average Bonchev–Trinajstić information content (AvgIpc) is 2.97. The number of carbonyl (C=O) groups excluding carboxylic acids is 1. The number of nitrogens with one attached hydrogen (secondary N) is 1. The van der Waals surface area contributed by atoms with Crippen molar-refractivity contribution in [2.75, 3.05) is 5.73 Å². The Morgan fingerprint density at radius 1 is 1.33 bits per heavy atom. The molecule has 2 aromatic heterocycles. The molecule has 3 nitrogen and oxygen atoms in total. The van der Waals surface area contributed by atoms with E-state index in [9.17, 15) is 4.79 Å². The second-order valence-corrected chi connectivity index (χ2v) is 6.34. The number of carbonyl (C=O) groups is 1. The first-order valence-corrected chi connectivity index (χ1v) is 7.71. The Hall–Kier alpha value is -1.33. The fraction of sp³-hybridized carbons (Fsp3) is 0.308. The first-order chi connectivity index (χ1) is 8.75. The molecule has 0 bridgehead atoms. The first kappa shape index (κ1) is 11.7. The van der Waals surface area contributed by atoms with Crippen LogP contribution < -0.4 is 11.1 Å². The number of aryl methyl sites for hydroxylation is 1. The van der Waals surface area contributed by atoms with E-state index in [1.54, 1.807) is 17.4 Å². The summed E-state index contributed by atoms with van der Waals surface area (Å²) in [5, 5.41) is 7.06. The summed E-state index contributed by atoms with van der Waals surface area (Å²) in [5.41, 5.74) is 7.63. The number of rotatable bonds is 2. The van der Waals surface area contributed by atoms with Crippen molar-refractivity contribution in [3.05, 3.63) is 38.2 Å². The minimum absolute atomic E-state index is 0.0495. The molecule has 1 atom stereocenters. The highest BCUT2D eigenvalue weighted by Crippen LogP contribution is 2.33. The van der Waals surface area contributed by atoms with Crippen LogP contribution in [-0.4, -0.2) is 5.91 Å². The molecule has 0 saturated carbocycles. The number of fused-ring (bicyclic) bond motifs is 1. The summed E-state index contributed by atoms with van der Waals surface area (Å²) < 4.78 is 0. The standard InChI is InChI=1S/C13H14N2OS2/c14-9-5-7-18-12(9)13(16)15-10-2-1-3-11-8(10)4-6-17-11/h4-7,10H,1-3,14H2,(H,15,16). The van der Waals surface area contributed by atoms with Crippen LogP contribution in [0.5, 0.6) is 0 Å². The fourth-order valence-corrected chi connectivity index (χ4v) is 4.07. The summed E-state index contributed by atoms with van der Waals surface area (Å²) in [6.45, 7) is 0. The molecule has 1 aliphatic rings. The van der Waals surface area contributed by atoms with Crippen LogP contribution in [0.2, 0.25) is 0 Å². The van der Waals surface area contributed by atoms with Gasteiger partial charge in [0.25, 0.3) is 5.91 Å². The van der Waals surface area contributed by atoms with Crippen molar-refractivity contribution in [3.63, 3.8) is 0 Å². The Balaban J connectivity index is 1.79. The van der Waals surface area contributed by atoms with Crippen molar-refractivity contribution in [3.8, 4) is 0 Å². The van der Waals surface area contributed by atoms with Crippen molar-refractivity contribution in [2.45, 2.75) is 25.3 Å². The van der Waals surface area contributed by atoms with E-state index in [1.807, 2.05) is 5.38 Å². The number of hydrogen-bond acceptors (Lipinski definition) is 4. The third-order valence-corrected chi connectivity index (χ3v) is 5.18. The molecule has 0 aromatic carbocycles. The van der Waals surface area contributed by atoms with Crippen LogP contribution in [0.15, 0.2) is 22.9 Å². The van der Waals surface area contributed by atoms with Crippen LogP contribution in [-0.2, 0) is 6.42 Å². The van der Waals surface area contributed by atoms with Crippen LogP contribution >= 0.6 is 22.7 Å². The van der Waals surface area contributed by atoms with Gasteiger partial charge in [-0.15, -0.1) is 22.7 Å². The maximum atomic E-state index is 12.1. The van der Waals surface area contributed by atoms with Gasteiger partial charge in [-0.3, -0.25) is 4.79 Å². The number of hydrogen-bond donors (Lipinski definition) is 2. The molecule has 5 heteroatoms. The third-order valence-electron chi connectivity index (χ3n) is 3.26. The van der Waals surface area contributed by atoms with Crippen LogP contribution in [0.25, 0.3) is 0 Å². The van der Waals surface area contributed by atoms with Gasteiger partial charge >= 0.3 is 0 Å². The number of nitrogen functional groups attached to an aromatic ring is 1. The van der Waals surface area contributed by atoms with Gasteiger partial charge in [-0.05, 0) is 47.7 Å². The normalized spacial score (nSPS) is 18.3. The summed E-state index contributed by atoms with van der Waals surface area (Å²) >= 11 is 3.18. The average molecular weight is 278 g/mol. The Bertz CT molecular complexity index is 573. The van der Waals surface area contributed by atoms with E-state index in [1.165, 1.54) is 21.8 Å². The van der Waals surface area contributed by atoms with Crippen LogP contribution in [0.4, 0.5) is 5.69 Å². The summed E-state index contributed by atoms with van der Waals surface area (Å²) in [6, 6.07) is 4.05. The van der Waals surface area contributed by atoms with Crippen molar-refractivity contribution in [2.24, 2.45) is 0 Å². The van der Waals surface area contributed by atoms with Gasteiger partial charge in [0, 0.05) is 4.88 Å². The lowest BCUT2D eigenvalue weighted by Gasteiger charge is -2.23. The highest BCUT2D eigenvalue weighted by atomic mass is 32.1. The van der Waals surface area contributed by atoms with Crippen LogP contribution in [0.1, 0.15) is 39.0 Å². The molecule has 0 radical (unpaired) electrons. The van der Waals surface area contributed by atoms with Crippen molar-refractivity contribution in [1.82, 2.24) is 5.32 Å². The number of nitrogens with two attached hydrogens (primary N) is 1. The van der Waals surface area contributed by atoms with Gasteiger partial charge in [0.15, 0.2) is 0 Å². The number of amides is 1. The van der Waals surface area contributed by atoms with Crippen molar-refractivity contribution >= 4 is 34.3 Å². The molecule has 1 unspecified atom stereocenters. The second-order valence-electron chi connectivity index (χ2n) is 4.42. The summed E-state index contributed by atoms with van der Waals surface area (Å²) in [6.07, 6.45) is 3.29. The van der Waals surface area contributed by atoms with Gasteiger partial charge in [-0.2, -0.15) is 0 Å². The molecule has 1 aliphatic carbocycles. The third kappa shape index (κ3) is 2.04. The highest BCUT2D eigenvalue weighted by molar-refractivity contribution is 7.12. The molecule has 0 aliphatic heterocycles. The Morgan fingerprint density at radius 3 is 2.94 bits per heavy atom. The number of thiophene rings is 2. The number of anilines is 1. The molecule has 18 heavy (non-hydrogen) atoms. The van der Waals surface area contributed by atoms with E-state index >= 15 is 0 Å². The van der Waals surface area contributed by atoms with E-state index in [4.69, 9.17) is 5.73 Å². The lowest BCUT2D eigenvalue weighted by atomic mass is 9.94. The van der Waals surface area contributed by atoms with Gasteiger partial charge in [0.05, 0.1) is 11.7 Å². The summed E-state index contributed by atoms with van der Waals surface area (Å²) in [4.78, 5) is 14.2.